The number of amides is 1. The van der Waals surface area contributed by atoms with Gasteiger partial charge in [0, 0.05) is 23.9 Å². The van der Waals surface area contributed by atoms with E-state index in [1.165, 1.54) is 4.88 Å². The summed E-state index contributed by atoms with van der Waals surface area (Å²) in [4.78, 5) is 13.3. The minimum atomic E-state index is -0.0826. The van der Waals surface area contributed by atoms with E-state index in [1.54, 1.807) is 11.3 Å². The molecule has 2 atom stereocenters. The van der Waals surface area contributed by atoms with E-state index in [9.17, 15) is 4.79 Å². The summed E-state index contributed by atoms with van der Waals surface area (Å²) in [6.07, 6.45) is 0.888. The molecule has 0 aromatic carbocycles. The van der Waals surface area contributed by atoms with Gasteiger partial charge in [0.1, 0.15) is 0 Å². The summed E-state index contributed by atoms with van der Waals surface area (Å²) in [6, 6.07) is 4.29. The Labute approximate surface area is 107 Å². The van der Waals surface area contributed by atoms with Crippen molar-refractivity contribution >= 4 is 17.2 Å². The van der Waals surface area contributed by atoms with Crippen LogP contribution < -0.4 is 11.1 Å². The Hall–Kier alpha value is -0.870. The second-order valence-corrected chi connectivity index (χ2v) is 5.81. The second kappa shape index (κ2) is 6.77. The Bertz CT molecular complexity index is 335. The molecule has 0 saturated heterocycles. The maximum atomic E-state index is 12.0. The minimum absolute atomic E-state index is 0.0755. The zero-order chi connectivity index (χ0) is 12.8. The van der Waals surface area contributed by atoms with E-state index >= 15 is 0 Å². The zero-order valence-corrected chi connectivity index (χ0v) is 11.6. The number of rotatable bonds is 6. The van der Waals surface area contributed by atoms with Gasteiger partial charge in [0.15, 0.2) is 0 Å². The molecule has 1 aromatic heterocycles. The van der Waals surface area contributed by atoms with Crippen LogP contribution in [-0.4, -0.2) is 18.5 Å². The topological polar surface area (TPSA) is 55.1 Å². The van der Waals surface area contributed by atoms with Crippen molar-refractivity contribution in [1.82, 2.24) is 5.32 Å². The molecule has 1 amide bonds. The highest BCUT2D eigenvalue weighted by Crippen LogP contribution is 2.13. The molecule has 0 saturated carbocycles. The third-order valence-corrected chi connectivity index (χ3v) is 3.77. The van der Waals surface area contributed by atoms with Gasteiger partial charge >= 0.3 is 0 Å². The molecule has 1 heterocycles. The fraction of sp³-hybridized carbons (Fsp3) is 0.615. The van der Waals surface area contributed by atoms with Crippen LogP contribution in [0.25, 0.3) is 0 Å². The Morgan fingerprint density at radius 2 is 2.18 bits per heavy atom. The van der Waals surface area contributed by atoms with Gasteiger partial charge in [-0.2, -0.15) is 0 Å². The number of carbonyl (C=O) groups excluding carboxylic acids is 1. The third-order valence-electron chi connectivity index (χ3n) is 2.87. The predicted octanol–water partition coefficient (Wildman–Crippen LogP) is 2.03. The predicted molar refractivity (Wildman–Crippen MR) is 73.0 cm³/mol. The van der Waals surface area contributed by atoms with Crippen LogP contribution >= 0.6 is 11.3 Å². The number of nitrogens with two attached hydrogens (primary N) is 1. The largest absolute Gasteiger partial charge is 0.353 e. The van der Waals surface area contributed by atoms with Crippen LogP contribution in [0.3, 0.4) is 0 Å². The molecule has 0 fully saturated rings. The summed E-state index contributed by atoms with van der Waals surface area (Å²) >= 11 is 1.72. The number of nitrogens with one attached hydrogen (secondary N) is 1. The molecule has 4 heteroatoms. The Kier molecular flexibility index (Phi) is 5.65. The van der Waals surface area contributed by atoms with Crippen LogP contribution in [0.1, 0.15) is 25.6 Å². The molecule has 0 bridgehead atoms. The van der Waals surface area contributed by atoms with Crippen LogP contribution in [0.2, 0.25) is 0 Å². The molecule has 1 aromatic rings. The van der Waals surface area contributed by atoms with Gasteiger partial charge in [-0.25, -0.2) is 0 Å². The fourth-order valence-electron chi connectivity index (χ4n) is 1.81. The van der Waals surface area contributed by atoms with Crippen molar-refractivity contribution in [3.63, 3.8) is 0 Å². The first kappa shape index (κ1) is 14.2. The van der Waals surface area contributed by atoms with Gasteiger partial charge in [-0.05, 0) is 24.3 Å². The summed E-state index contributed by atoms with van der Waals surface area (Å²) in [5, 5.41) is 5.09. The first-order valence-electron chi connectivity index (χ1n) is 6.07. The van der Waals surface area contributed by atoms with Crippen LogP contribution in [-0.2, 0) is 11.2 Å². The van der Waals surface area contributed by atoms with Crippen molar-refractivity contribution in [2.45, 2.75) is 33.2 Å². The number of hydrogen-bond acceptors (Lipinski definition) is 3. The number of hydrogen-bond donors (Lipinski definition) is 2. The van der Waals surface area contributed by atoms with Crippen LogP contribution in [0.15, 0.2) is 17.5 Å². The maximum absolute atomic E-state index is 12.0. The molecule has 2 unspecified atom stereocenters. The van der Waals surface area contributed by atoms with Gasteiger partial charge in [-0.1, -0.05) is 19.9 Å². The lowest BCUT2D eigenvalue weighted by molar-refractivity contribution is -0.126. The van der Waals surface area contributed by atoms with Crippen LogP contribution in [0.4, 0.5) is 0 Å². The van der Waals surface area contributed by atoms with Crippen molar-refractivity contribution in [2.24, 2.45) is 17.6 Å². The van der Waals surface area contributed by atoms with Gasteiger partial charge in [0.05, 0.1) is 5.92 Å². The first-order valence-corrected chi connectivity index (χ1v) is 6.95. The zero-order valence-electron chi connectivity index (χ0n) is 10.8. The van der Waals surface area contributed by atoms with E-state index in [0.29, 0.717) is 6.54 Å². The highest BCUT2D eigenvalue weighted by molar-refractivity contribution is 7.09. The van der Waals surface area contributed by atoms with Crippen molar-refractivity contribution in [2.75, 3.05) is 6.54 Å². The van der Waals surface area contributed by atoms with E-state index in [4.69, 9.17) is 5.73 Å². The normalized spacial score (nSPS) is 14.6. The number of thiophene rings is 1. The number of carbonyl (C=O) groups is 1. The SMILES string of the molecule is CC(Cc1cccs1)NC(=O)C(CN)C(C)C. The molecule has 96 valence electrons. The smallest absolute Gasteiger partial charge is 0.224 e. The second-order valence-electron chi connectivity index (χ2n) is 4.78. The van der Waals surface area contributed by atoms with E-state index in [1.807, 2.05) is 26.8 Å². The molecule has 3 N–H and O–H groups in total. The average molecular weight is 254 g/mol. The van der Waals surface area contributed by atoms with Crippen LogP contribution in [0.5, 0.6) is 0 Å². The summed E-state index contributed by atoms with van der Waals surface area (Å²) in [6.45, 7) is 6.50. The van der Waals surface area contributed by atoms with Crippen LogP contribution in [0, 0.1) is 11.8 Å². The standard InChI is InChI=1S/C13H22N2OS/c1-9(2)12(8-14)13(16)15-10(3)7-11-5-4-6-17-11/h4-6,9-10,12H,7-8,14H2,1-3H3,(H,15,16). The van der Waals surface area contributed by atoms with E-state index in [2.05, 4.69) is 16.8 Å². The summed E-state index contributed by atoms with van der Waals surface area (Å²) in [5.41, 5.74) is 5.63. The molecule has 3 nitrogen and oxygen atoms in total. The lowest BCUT2D eigenvalue weighted by Crippen LogP contribution is -2.42. The average Bonchev–Trinajstić information content (AvgIpc) is 2.70. The Morgan fingerprint density at radius 3 is 2.65 bits per heavy atom. The Balaban J connectivity index is 2.45. The van der Waals surface area contributed by atoms with Gasteiger partial charge < -0.3 is 11.1 Å². The van der Waals surface area contributed by atoms with Gasteiger partial charge in [-0.3, -0.25) is 4.79 Å². The molecule has 17 heavy (non-hydrogen) atoms. The van der Waals surface area contributed by atoms with E-state index < -0.39 is 0 Å². The van der Waals surface area contributed by atoms with E-state index in [0.717, 1.165) is 6.42 Å². The molecule has 1 rings (SSSR count). The lowest BCUT2D eigenvalue weighted by atomic mass is 9.95. The highest BCUT2D eigenvalue weighted by Gasteiger charge is 2.21. The van der Waals surface area contributed by atoms with Crippen molar-refractivity contribution in [3.8, 4) is 0 Å². The fourth-order valence-corrected chi connectivity index (χ4v) is 2.65. The van der Waals surface area contributed by atoms with Crippen molar-refractivity contribution < 1.29 is 4.79 Å². The minimum Gasteiger partial charge on any atom is -0.353 e. The summed E-state index contributed by atoms with van der Waals surface area (Å²) in [7, 11) is 0. The Morgan fingerprint density at radius 1 is 1.47 bits per heavy atom. The molecular formula is C13H22N2OS. The van der Waals surface area contributed by atoms with E-state index in [-0.39, 0.29) is 23.8 Å². The highest BCUT2D eigenvalue weighted by atomic mass is 32.1. The molecule has 0 radical (unpaired) electrons. The lowest BCUT2D eigenvalue weighted by Gasteiger charge is -2.21. The molecule has 0 spiro atoms. The summed E-state index contributed by atoms with van der Waals surface area (Å²) < 4.78 is 0. The third kappa shape index (κ3) is 4.48. The molecule has 0 aliphatic carbocycles. The molecular weight excluding hydrogens is 232 g/mol. The van der Waals surface area contributed by atoms with Gasteiger partial charge in [0.2, 0.25) is 5.91 Å². The monoisotopic (exact) mass is 254 g/mol. The molecule has 0 aliphatic heterocycles. The maximum Gasteiger partial charge on any atom is 0.224 e. The first-order chi connectivity index (χ1) is 8.04. The summed E-state index contributed by atoms with van der Waals surface area (Å²) in [5.74, 6) is 0.279. The van der Waals surface area contributed by atoms with Crippen molar-refractivity contribution in [3.05, 3.63) is 22.4 Å². The quantitative estimate of drug-likeness (QED) is 0.816. The molecule has 0 aliphatic rings. The van der Waals surface area contributed by atoms with Gasteiger partial charge in [0.25, 0.3) is 0 Å². The van der Waals surface area contributed by atoms with Gasteiger partial charge in [-0.15, -0.1) is 11.3 Å². The van der Waals surface area contributed by atoms with Crippen molar-refractivity contribution in [1.29, 1.82) is 0 Å².